The van der Waals surface area contributed by atoms with Gasteiger partial charge < -0.3 is 15.0 Å². The second-order valence-corrected chi connectivity index (χ2v) is 6.76. The number of rotatable bonds is 6. The fourth-order valence-corrected chi connectivity index (χ4v) is 3.23. The van der Waals surface area contributed by atoms with Gasteiger partial charge in [-0.05, 0) is 36.2 Å². The van der Waals surface area contributed by atoms with E-state index >= 15 is 0 Å². The maximum Gasteiger partial charge on any atom is 0.153 e. The van der Waals surface area contributed by atoms with E-state index in [1.165, 1.54) is 0 Å². The lowest BCUT2D eigenvalue weighted by Crippen LogP contribution is -2.11. The highest BCUT2D eigenvalue weighted by atomic mass is 16.5. The molecule has 0 unspecified atom stereocenters. The first-order chi connectivity index (χ1) is 13.5. The van der Waals surface area contributed by atoms with E-state index in [1.54, 1.807) is 25.4 Å². The lowest BCUT2D eigenvalue weighted by atomic mass is 10.0. The summed E-state index contributed by atoms with van der Waals surface area (Å²) in [7, 11) is 5.45. The van der Waals surface area contributed by atoms with E-state index in [-0.39, 0.29) is 0 Å². The number of aryl methyl sites for hydroxylation is 1. The molecule has 28 heavy (non-hydrogen) atoms. The first-order valence-corrected chi connectivity index (χ1v) is 8.85. The number of nitrogens with one attached hydrogen (secondary N) is 1. The summed E-state index contributed by atoms with van der Waals surface area (Å²) in [5, 5.41) is 13.5. The molecule has 0 aliphatic rings. The van der Waals surface area contributed by atoms with Gasteiger partial charge in [0.25, 0.3) is 0 Å². The Kier molecular flexibility index (Phi) is 5.46. The Morgan fingerprint density at radius 3 is 2.68 bits per heavy atom. The van der Waals surface area contributed by atoms with Gasteiger partial charge in [0, 0.05) is 32.2 Å². The quantitative estimate of drug-likeness (QED) is 0.659. The minimum atomic E-state index is 0.456. The Balaban J connectivity index is 2.08. The first kappa shape index (κ1) is 19.2. The highest BCUT2D eigenvalue weighted by Gasteiger charge is 2.14. The summed E-state index contributed by atoms with van der Waals surface area (Å²) in [6.45, 7) is 2.52. The van der Waals surface area contributed by atoms with Crippen LogP contribution in [-0.4, -0.2) is 32.5 Å². The predicted molar refractivity (Wildman–Crippen MR) is 111 cm³/mol. The summed E-state index contributed by atoms with van der Waals surface area (Å²) in [6.07, 6.45) is 2.35. The zero-order valence-corrected chi connectivity index (χ0v) is 16.4. The summed E-state index contributed by atoms with van der Waals surface area (Å²) in [4.78, 5) is 18.0. The zero-order chi connectivity index (χ0) is 20.3. The van der Waals surface area contributed by atoms with Crippen LogP contribution in [0, 0.1) is 18.3 Å². The van der Waals surface area contributed by atoms with Crippen LogP contribution in [0.25, 0.3) is 10.9 Å². The van der Waals surface area contributed by atoms with Crippen molar-refractivity contribution >= 4 is 28.6 Å². The number of hydrogen-bond donors (Lipinski definition) is 1. The summed E-state index contributed by atoms with van der Waals surface area (Å²) < 4.78 is 5.31. The number of aromatic nitrogens is 1. The van der Waals surface area contributed by atoms with E-state index in [0.29, 0.717) is 23.4 Å². The number of nitriles is 1. The van der Waals surface area contributed by atoms with Gasteiger partial charge in [0.2, 0.25) is 0 Å². The molecule has 0 spiro atoms. The second-order valence-electron chi connectivity index (χ2n) is 6.76. The fraction of sp³-hybridized carbons (Fsp3) is 0.227. The molecular weight excluding hydrogens is 352 g/mol. The van der Waals surface area contributed by atoms with E-state index in [2.05, 4.69) is 16.4 Å². The van der Waals surface area contributed by atoms with Gasteiger partial charge in [-0.3, -0.25) is 9.78 Å². The summed E-state index contributed by atoms with van der Waals surface area (Å²) in [6, 6.07) is 11.7. The van der Waals surface area contributed by atoms with Crippen molar-refractivity contribution in [2.45, 2.75) is 13.5 Å². The Morgan fingerprint density at radius 2 is 2.07 bits per heavy atom. The van der Waals surface area contributed by atoms with Gasteiger partial charge in [0.15, 0.2) is 6.29 Å². The van der Waals surface area contributed by atoms with Gasteiger partial charge in [-0.15, -0.1) is 0 Å². The average molecular weight is 374 g/mol. The summed E-state index contributed by atoms with van der Waals surface area (Å²) in [5.41, 5.74) is 5.32. The molecule has 0 aliphatic carbocycles. The van der Waals surface area contributed by atoms with E-state index in [0.717, 1.165) is 39.8 Å². The lowest BCUT2D eigenvalue weighted by molar-refractivity contribution is 0.112. The number of nitrogens with zero attached hydrogens (tertiary/aromatic N) is 3. The third kappa shape index (κ3) is 3.60. The fourth-order valence-electron chi connectivity index (χ4n) is 3.23. The number of carbonyl (C=O) groups is 1. The molecule has 2 aromatic carbocycles. The molecule has 0 amide bonds. The molecular formula is C22H22N4O2. The maximum absolute atomic E-state index is 11.6. The van der Waals surface area contributed by atoms with Crippen molar-refractivity contribution in [3.8, 4) is 11.8 Å². The van der Waals surface area contributed by atoms with Gasteiger partial charge in [0.05, 0.1) is 41.2 Å². The van der Waals surface area contributed by atoms with Crippen LogP contribution >= 0.6 is 0 Å². The number of ether oxygens (including phenoxy) is 1. The van der Waals surface area contributed by atoms with Gasteiger partial charge in [0.1, 0.15) is 5.75 Å². The summed E-state index contributed by atoms with van der Waals surface area (Å²) >= 11 is 0. The molecule has 6 nitrogen and oxygen atoms in total. The van der Waals surface area contributed by atoms with Gasteiger partial charge in [-0.1, -0.05) is 12.1 Å². The molecule has 3 rings (SSSR count). The van der Waals surface area contributed by atoms with Gasteiger partial charge >= 0.3 is 0 Å². The number of aldehydes is 1. The number of carbonyl (C=O) groups excluding carboxylic acids is 1. The van der Waals surface area contributed by atoms with Crippen LogP contribution in [0.1, 0.15) is 27.0 Å². The molecule has 6 heteroatoms. The van der Waals surface area contributed by atoms with Crippen LogP contribution in [-0.2, 0) is 6.54 Å². The normalized spacial score (nSPS) is 10.4. The van der Waals surface area contributed by atoms with Crippen molar-refractivity contribution in [1.29, 1.82) is 5.26 Å². The largest absolute Gasteiger partial charge is 0.496 e. The van der Waals surface area contributed by atoms with E-state index in [1.807, 2.05) is 44.1 Å². The van der Waals surface area contributed by atoms with E-state index in [9.17, 15) is 10.1 Å². The molecule has 0 aliphatic heterocycles. The SMILES string of the molecule is COc1ccc(CNc2c(C=O)cnc3c(N(C)C)cc(C#N)cc23)cc1C. The molecule has 0 saturated heterocycles. The van der Waals surface area contributed by atoms with Crippen LogP contribution < -0.4 is 15.0 Å². The van der Waals surface area contributed by atoms with Crippen molar-refractivity contribution in [2.75, 3.05) is 31.4 Å². The third-order valence-corrected chi connectivity index (χ3v) is 4.65. The smallest absolute Gasteiger partial charge is 0.153 e. The van der Waals surface area contributed by atoms with Crippen molar-refractivity contribution in [1.82, 2.24) is 4.98 Å². The monoisotopic (exact) mass is 374 g/mol. The third-order valence-electron chi connectivity index (χ3n) is 4.65. The van der Waals surface area contributed by atoms with Crippen molar-refractivity contribution in [3.05, 3.63) is 58.8 Å². The first-order valence-electron chi connectivity index (χ1n) is 8.85. The number of anilines is 2. The minimum Gasteiger partial charge on any atom is -0.496 e. The van der Waals surface area contributed by atoms with E-state index in [4.69, 9.17) is 4.74 Å². The van der Waals surface area contributed by atoms with Gasteiger partial charge in [-0.2, -0.15) is 5.26 Å². The number of methoxy groups -OCH3 is 1. The van der Waals surface area contributed by atoms with Crippen LogP contribution in [0.5, 0.6) is 5.75 Å². The Hall–Kier alpha value is -3.59. The van der Waals surface area contributed by atoms with Crippen molar-refractivity contribution < 1.29 is 9.53 Å². The molecule has 0 fully saturated rings. The second kappa shape index (κ2) is 7.97. The van der Waals surface area contributed by atoms with Crippen molar-refractivity contribution in [3.63, 3.8) is 0 Å². The van der Waals surface area contributed by atoms with Crippen LogP contribution in [0.2, 0.25) is 0 Å². The van der Waals surface area contributed by atoms with E-state index < -0.39 is 0 Å². The standard InChI is InChI=1S/C22H22N4O2/c1-14-7-15(5-6-20(14)28-4)11-24-21-17(13-27)12-25-22-18(21)8-16(10-23)9-19(22)26(2)3/h5-9,12-13H,11H2,1-4H3,(H,24,25). The molecule has 0 atom stereocenters. The highest BCUT2D eigenvalue weighted by molar-refractivity contribution is 6.05. The van der Waals surface area contributed by atoms with Crippen molar-refractivity contribution in [2.24, 2.45) is 0 Å². The van der Waals surface area contributed by atoms with Crippen LogP contribution in [0.15, 0.2) is 36.5 Å². The molecule has 0 bridgehead atoms. The molecule has 0 radical (unpaired) electrons. The molecule has 142 valence electrons. The lowest BCUT2D eigenvalue weighted by Gasteiger charge is -2.18. The number of fused-ring (bicyclic) bond motifs is 1. The van der Waals surface area contributed by atoms with Gasteiger partial charge in [-0.25, -0.2) is 0 Å². The number of pyridine rings is 1. The number of benzene rings is 2. The Morgan fingerprint density at radius 1 is 1.29 bits per heavy atom. The topological polar surface area (TPSA) is 78.2 Å². The Bertz CT molecular complexity index is 1080. The molecule has 1 N–H and O–H groups in total. The predicted octanol–water partition coefficient (Wildman–Crippen LogP) is 3.91. The molecule has 1 heterocycles. The van der Waals surface area contributed by atoms with Crippen LogP contribution in [0.4, 0.5) is 11.4 Å². The van der Waals surface area contributed by atoms with Crippen LogP contribution in [0.3, 0.4) is 0 Å². The highest BCUT2D eigenvalue weighted by Crippen LogP contribution is 2.33. The molecule has 3 aromatic rings. The Labute approximate surface area is 164 Å². The summed E-state index contributed by atoms with van der Waals surface area (Å²) in [5.74, 6) is 0.834. The molecule has 0 saturated carbocycles. The average Bonchev–Trinajstić information content (AvgIpc) is 2.70. The maximum atomic E-state index is 11.6. The zero-order valence-electron chi connectivity index (χ0n) is 16.4. The number of hydrogen-bond acceptors (Lipinski definition) is 6. The molecule has 1 aromatic heterocycles. The minimum absolute atomic E-state index is 0.456.